The van der Waals surface area contributed by atoms with Crippen LogP contribution in [0.25, 0.3) is 0 Å². The molecule has 0 radical (unpaired) electrons. The van der Waals surface area contributed by atoms with Gasteiger partial charge in [-0.15, -0.1) is 0 Å². The molecule has 1 aliphatic heterocycles. The van der Waals surface area contributed by atoms with Crippen molar-refractivity contribution in [2.75, 3.05) is 16.8 Å². The fourth-order valence-electron chi connectivity index (χ4n) is 2.52. The van der Waals surface area contributed by atoms with Gasteiger partial charge in [0.1, 0.15) is 5.82 Å². The van der Waals surface area contributed by atoms with E-state index in [1.54, 1.807) is 4.90 Å². The number of nitrogens with one attached hydrogen (secondary N) is 1. The van der Waals surface area contributed by atoms with Gasteiger partial charge in [-0.25, -0.2) is 4.39 Å². The summed E-state index contributed by atoms with van der Waals surface area (Å²) in [4.78, 5) is 25.9. The van der Waals surface area contributed by atoms with E-state index in [1.807, 2.05) is 30.3 Å². The lowest BCUT2D eigenvalue weighted by Crippen LogP contribution is -2.28. The number of amides is 2. The molecule has 1 saturated heterocycles. The first-order valence-electron chi connectivity index (χ1n) is 7.05. The van der Waals surface area contributed by atoms with Gasteiger partial charge in [0.2, 0.25) is 11.8 Å². The van der Waals surface area contributed by atoms with Crippen LogP contribution in [0.15, 0.2) is 54.6 Å². The number of hydrogen-bond acceptors (Lipinski definition) is 2. The Labute approximate surface area is 127 Å². The highest BCUT2D eigenvalue weighted by molar-refractivity contribution is 6.03. The zero-order valence-electron chi connectivity index (χ0n) is 11.8. The molecule has 1 heterocycles. The van der Waals surface area contributed by atoms with Crippen molar-refractivity contribution in [1.82, 2.24) is 0 Å². The Morgan fingerprint density at radius 2 is 1.77 bits per heavy atom. The molecule has 5 heteroatoms. The van der Waals surface area contributed by atoms with Crippen LogP contribution in [-0.4, -0.2) is 18.4 Å². The highest BCUT2D eigenvalue weighted by Crippen LogP contribution is 2.25. The molecule has 1 fully saturated rings. The number of carbonyl (C=O) groups is 2. The number of anilines is 2. The summed E-state index contributed by atoms with van der Waals surface area (Å²) in [6.07, 6.45) is 0.182. The summed E-state index contributed by atoms with van der Waals surface area (Å²) < 4.78 is 12.9. The third-order valence-electron chi connectivity index (χ3n) is 3.68. The summed E-state index contributed by atoms with van der Waals surface area (Å²) in [5.41, 5.74) is 1.32. The van der Waals surface area contributed by atoms with Crippen LogP contribution in [0.3, 0.4) is 0 Å². The lowest BCUT2D eigenvalue weighted by Gasteiger charge is -2.16. The van der Waals surface area contributed by atoms with Gasteiger partial charge in [-0.2, -0.15) is 0 Å². The Kier molecular flexibility index (Phi) is 3.87. The zero-order chi connectivity index (χ0) is 15.5. The van der Waals surface area contributed by atoms with Crippen LogP contribution < -0.4 is 10.2 Å². The number of rotatable bonds is 3. The van der Waals surface area contributed by atoms with Crippen molar-refractivity contribution in [2.45, 2.75) is 6.42 Å². The third-order valence-corrected chi connectivity index (χ3v) is 3.68. The Balaban J connectivity index is 1.67. The van der Waals surface area contributed by atoms with E-state index in [0.29, 0.717) is 12.2 Å². The van der Waals surface area contributed by atoms with E-state index < -0.39 is 5.92 Å². The maximum atomic E-state index is 12.9. The van der Waals surface area contributed by atoms with Gasteiger partial charge in [0.15, 0.2) is 0 Å². The third kappa shape index (κ3) is 2.98. The minimum Gasteiger partial charge on any atom is -0.326 e. The van der Waals surface area contributed by atoms with Crippen LogP contribution >= 0.6 is 0 Å². The molecular formula is C17H15FN2O2. The molecule has 0 unspecified atom stereocenters. The first-order valence-corrected chi connectivity index (χ1v) is 7.05. The predicted octanol–water partition coefficient (Wildman–Crippen LogP) is 2.82. The summed E-state index contributed by atoms with van der Waals surface area (Å²) in [6, 6.07) is 14.8. The number of benzene rings is 2. The lowest BCUT2D eigenvalue weighted by atomic mass is 10.1. The summed E-state index contributed by atoms with van der Waals surface area (Å²) in [5.74, 6) is -1.05. The molecule has 0 bridgehead atoms. The van der Waals surface area contributed by atoms with Gasteiger partial charge in [0.25, 0.3) is 0 Å². The van der Waals surface area contributed by atoms with Crippen LogP contribution in [0.1, 0.15) is 6.42 Å². The number of para-hydroxylation sites is 1. The average Bonchev–Trinajstić information content (AvgIpc) is 2.92. The molecule has 0 saturated carbocycles. The largest absolute Gasteiger partial charge is 0.326 e. The van der Waals surface area contributed by atoms with E-state index in [2.05, 4.69) is 5.32 Å². The predicted molar refractivity (Wildman–Crippen MR) is 81.9 cm³/mol. The van der Waals surface area contributed by atoms with E-state index >= 15 is 0 Å². The molecule has 1 aliphatic rings. The molecule has 0 spiro atoms. The minimum absolute atomic E-state index is 0.0644. The minimum atomic E-state index is -0.405. The normalized spacial score (nSPS) is 17.6. The molecule has 2 aromatic carbocycles. The maximum Gasteiger partial charge on any atom is 0.229 e. The smallest absolute Gasteiger partial charge is 0.229 e. The highest BCUT2D eigenvalue weighted by Gasteiger charge is 2.35. The van der Waals surface area contributed by atoms with Crippen molar-refractivity contribution in [2.24, 2.45) is 5.92 Å². The number of carbonyl (C=O) groups excluding carboxylic acids is 2. The number of halogens is 1. The topological polar surface area (TPSA) is 49.4 Å². The fraction of sp³-hybridized carbons (Fsp3) is 0.176. The molecule has 3 rings (SSSR count). The molecule has 2 amide bonds. The molecule has 0 aliphatic carbocycles. The summed E-state index contributed by atoms with van der Waals surface area (Å²) in [5, 5.41) is 2.72. The number of nitrogens with zero attached hydrogens (tertiary/aromatic N) is 1. The Morgan fingerprint density at radius 1 is 1.09 bits per heavy atom. The fourth-order valence-corrected chi connectivity index (χ4v) is 2.52. The molecule has 4 nitrogen and oxygen atoms in total. The quantitative estimate of drug-likeness (QED) is 0.947. The first kappa shape index (κ1) is 14.3. The van der Waals surface area contributed by atoms with Gasteiger partial charge in [-0.05, 0) is 36.4 Å². The first-order chi connectivity index (χ1) is 10.6. The Bertz CT molecular complexity index is 686. The second-order valence-electron chi connectivity index (χ2n) is 5.24. The Morgan fingerprint density at radius 3 is 2.45 bits per heavy atom. The van der Waals surface area contributed by atoms with Crippen LogP contribution in [0.4, 0.5) is 15.8 Å². The van der Waals surface area contributed by atoms with Gasteiger partial charge in [0.05, 0.1) is 5.92 Å². The van der Waals surface area contributed by atoms with Gasteiger partial charge in [0, 0.05) is 24.3 Å². The molecule has 1 atom stereocenters. The van der Waals surface area contributed by atoms with E-state index in [1.165, 1.54) is 24.3 Å². The van der Waals surface area contributed by atoms with Crippen molar-refractivity contribution < 1.29 is 14.0 Å². The van der Waals surface area contributed by atoms with E-state index in [-0.39, 0.29) is 24.1 Å². The maximum absolute atomic E-state index is 12.9. The second kappa shape index (κ2) is 5.97. The van der Waals surface area contributed by atoms with Crippen molar-refractivity contribution in [1.29, 1.82) is 0 Å². The van der Waals surface area contributed by atoms with Crippen molar-refractivity contribution in [3.63, 3.8) is 0 Å². The van der Waals surface area contributed by atoms with E-state index in [9.17, 15) is 14.0 Å². The SMILES string of the molecule is O=C(Nc1ccc(F)cc1)[C@@H]1CC(=O)N(c2ccccc2)C1. The van der Waals surface area contributed by atoms with Crippen LogP contribution in [-0.2, 0) is 9.59 Å². The molecule has 2 aromatic rings. The molecule has 0 aromatic heterocycles. The molecule has 1 N–H and O–H groups in total. The molecular weight excluding hydrogens is 283 g/mol. The van der Waals surface area contributed by atoms with Crippen LogP contribution in [0, 0.1) is 11.7 Å². The van der Waals surface area contributed by atoms with Crippen molar-refractivity contribution >= 4 is 23.2 Å². The second-order valence-corrected chi connectivity index (χ2v) is 5.24. The number of hydrogen-bond donors (Lipinski definition) is 1. The standard InChI is InChI=1S/C17H15FN2O2/c18-13-6-8-14(9-7-13)19-17(22)12-10-16(21)20(11-12)15-4-2-1-3-5-15/h1-9,12H,10-11H2,(H,19,22)/t12-/m1/s1. The van der Waals surface area contributed by atoms with Gasteiger partial charge in [-0.3, -0.25) is 9.59 Å². The van der Waals surface area contributed by atoms with Crippen LogP contribution in [0.5, 0.6) is 0 Å². The van der Waals surface area contributed by atoms with E-state index in [4.69, 9.17) is 0 Å². The van der Waals surface area contributed by atoms with Crippen LogP contribution in [0.2, 0.25) is 0 Å². The van der Waals surface area contributed by atoms with Gasteiger partial charge < -0.3 is 10.2 Å². The highest BCUT2D eigenvalue weighted by atomic mass is 19.1. The average molecular weight is 298 g/mol. The summed E-state index contributed by atoms with van der Waals surface area (Å²) in [7, 11) is 0. The summed E-state index contributed by atoms with van der Waals surface area (Å²) >= 11 is 0. The Hall–Kier alpha value is -2.69. The van der Waals surface area contributed by atoms with Crippen molar-refractivity contribution in [3.8, 4) is 0 Å². The van der Waals surface area contributed by atoms with Gasteiger partial charge in [-0.1, -0.05) is 18.2 Å². The zero-order valence-corrected chi connectivity index (χ0v) is 11.8. The lowest BCUT2D eigenvalue weighted by molar-refractivity contribution is -0.122. The molecule has 112 valence electrons. The molecule has 22 heavy (non-hydrogen) atoms. The monoisotopic (exact) mass is 298 g/mol. The summed E-state index contributed by atoms with van der Waals surface area (Å²) in [6.45, 7) is 0.357. The van der Waals surface area contributed by atoms with Gasteiger partial charge >= 0.3 is 0 Å². The van der Waals surface area contributed by atoms with Crippen molar-refractivity contribution in [3.05, 3.63) is 60.4 Å². The van der Waals surface area contributed by atoms with E-state index in [0.717, 1.165) is 5.69 Å².